The van der Waals surface area contributed by atoms with Crippen LogP contribution in [0.3, 0.4) is 0 Å². The fraction of sp³-hybridized carbons (Fsp3) is 0.200. The molecule has 1 amide bonds. The minimum atomic E-state index is -0.700. The van der Waals surface area contributed by atoms with Gasteiger partial charge in [0.1, 0.15) is 0 Å². The van der Waals surface area contributed by atoms with Crippen molar-refractivity contribution in [3.63, 3.8) is 0 Å². The van der Waals surface area contributed by atoms with Crippen molar-refractivity contribution >= 4 is 44.8 Å². The molecule has 0 spiro atoms. The molecule has 9 heteroatoms. The highest BCUT2D eigenvalue weighted by molar-refractivity contribution is 7.17. The van der Waals surface area contributed by atoms with Gasteiger partial charge in [-0.15, -0.1) is 21.5 Å². The lowest BCUT2D eigenvalue weighted by molar-refractivity contribution is 0.0995. The molecule has 8 nitrogen and oxygen atoms in total. The number of fused-ring (bicyclic) bond motifs is 1. The van der Waals surface area contributed by atoms with E-state index in [0.717, 1.165) is 15.8 Å². The number of carbonyl (C=O) groups is 1. The van der Waals surface area contributed by atoms with Crippen molar-refractivity contribution in [1.82, 2.24) is 15.2 Å². The van der Waals surface area contributed by atoms with Gasteiger partial charge in [0, 0.05) is 28.4 Å². The van der Waals surface area contributed by atoms with Crippen LogP contribution >= 0.6 is 11.3 Å². The minimum absolute atomic E-state index is 0.0198. The Labute approximate surface area is 142 Å². The van der Waals surface area contributed by atoms with E-state index < -0.39 is 5.91 Å². The van der Waals surface area contributed by atoms with E-state index in [-0.39, 0.29) is 23.5 Å². The molecule has 1 atom stereocenters. The van der Waals surface area contributed by atoms with Crippen LogP contribution in [0.1, 0.15) is 17.4 Å². The smallest absolute Gasteiger partial charge is 0.273 e. The summed E-state index contributed by atoms with van der Waals surface area (Å²) < 4.78 is 1.12. The number of nitrogens with one attached hydrogen (secondary N) is 2. The summed E-state index contributed by atoms with van der Waals surface area (Å²) in [5.74, 6) is -0.172. The fourth-order valence-corrected chi connectivity index (χ4v) is 2.95. The molecule has 0 radical (unpaired) electrons. The molecule has 0 aliphatic carbocycles. The van der Waals surface area contributed by atoms with Crippen LogP contribution in [-0.2, 0) is 0 Å². The third-order valence-corrected chi connectivity index (χ3v) is 4.13. The van der Waals surface area contributed by atoms with Gasteiger partial charge >= 0.3 is 0 Å². The molecule has 124 valence electrons. The molecule has 3 aromatic rings. The average molecular weight is 343 g/mol. The maximum Gasteiger partial charge on any atom is 0.273 e. The highest BCUT2D eigenvalue weighted by Crippen LogP contribution is 2.30. The van der Waals surface area contributed by atoms with Gasteiger partial charge in [0.15, 0.2) is 11.5 Å². The summed E-state index contributed by atoms with van der Waals surface area (Å²) in [6, 6.07) is 7.77. The molecule has 6 N–H and O–H groups in total. The highest BCUT2D eigenvalue weighted by Gasteiger charge is 2.15. The van der Waals surface area contributed by atoms with E-state index in [1.165, 1.54) is 0 Å². The Balaban J connectivity index is 1.96. The van der Waals surface area contributed by atoms with Gasteiger partial charge in [0.05, 0.1) is 0 Å². The van der Waals surface area contributed by atoms with Crippen LogP contribution in [0.15, 0.2) is 29.6 Å². The number of hydrogen-bond donors (Lipinski definition) is 4. The Morgan fingerprint density at radius 1 is 1.33 bits per heavy atom. The Bertz CT molecular complexity index is 877. The van der Waals surface area contributed by atoms with E-state index in [2.05, 4.69) is 25.8 Å². The number of anilines is 3. The summed E-state index contributed by atoms with van der Waals surface area (Å²) in [5, 5.41) is 16.9. The number of primary amides is 1. The fourth-order valence-electron chi connectivity index (χ4n) is 2.14. The zero-order valence-corrected chi connectivity index (χ0v) is 13.8. The molecule has 2 aromatic heterocycles. The van der Waals surface area contributed by atoms with Crippen molar-refractivity contribution in [1.29, 1.82) is 0 Å². The molecule has 1 aromatic carbocycles. The first-order valence-electron chi connectivity index (χ1n) is 7.32. The lowest BCUT2D eigenvalue weighted by Crippen LogP contribution is -2.26. The molecule has 0 bridgehead atoms. The molecule has 0 fully saturated rings. The lowest BCUT2D eigenvalue weighted by Gasteiger charge is -2.12. The van der Waals surface area contributed by atoms with E-state index in [1.54, 1.807) is 11.3 Å². The van der Waals surface area contributed by atoms with Crippen LogP contribution in [0.4, 0.5) is 17.5 Å². The van der Waals surface area contributed by atoms with Gasteiger partial charge < -0.3 is 22.1 Å². The van der Waals surface area contributed by atoms with E-state index in [9.17, 15) is 4.79 Å². The van der Waals surface area contributed by atoms with Crippen molar-refractivity contribution < 1.29 is 4.79 Å². The van der Waals surface area contributed by atoms with Gasteiger partial charge in [-0.2, -0.15) is 4.98 Å². The Morgan fingerprint density at radius 2 is 2.17 bits per heavy atom. The lowest BCUT2D eigenvalue weighted by atomic mass is 10.2. The van der Waals surface area contributed by atoms with E-state index in [0.29, 0.717) is 6.54 Å². The monoisotopic (exact) mass is 343 g/mol. The first-order valence-corrected chi connectivity index (χ1v) is 8.20. The number of carbonyl (C=O) groups excluding carboxylic acids is 1. The van der Waals surface area contributed by atoms with Crippen LogP contribution in [0.25, 0.3) is 10.1 Å². The molecular weight excluding hydrogens is 326 g/mol. The SMILES string of the molecule is C[C@H](N)CNc1nnc(C(N)=O)c(Nc2cccc3sccc23)n1. The van der Waals surface area contributed by atoms with Crippen LogP contribution in [0, 0.1) is 0 Å². The molecule has 0 aliphatic heterocycles. The van der Waals surface area contributed by atoms with Crippen molar-refractivity contribution in [3.8, 4) is 0 Å². The summed E-state index contributed by atoms with van der Waals surface area (Å²) in [6.07, 6.45) is 0. The van der Waals surface area contributed by atoms with Gasteiger partial charge in [-0.05, 0) is 30.5 Å². The van der Waals surface area contributed by atoms with Crippen molar-refractivity contribution in [2.75, 3.05) is 17.2 Å². The Hall–Kier alpha value is -2.78. The summed E-state index contributed by atoms with van der Waals surface area (Å²) in [5.41, 5.74) is 11.9. The second-order valence-corrected chi connectivity index (χ2v) is 6.27. The number of thiophene rings is 1. The highest BCUT2D eigenvalue weighted by atomic mass is 32.1. The van der Waals surface area contributed by atoms with Gasteiger partial charge in [0.25, 0.3) is 5.91 Å². The standard InChI is InChI=1S/C15H17N7OS/c1-8(16)7-18-15-20-14(12(13(17)23)21-22-15)19-10-3-2-4-11-9(10)5-6-24-11/h2-6,8H,7,16H2,1H3,(H2,17,23)(H2,18,19,20,22)/t8-/m0/s1. The molecule has 0 unspecified atom stereocenters. The molecule has 0 saturated heterocycles. The third kappa shape index (κ3) is 3.42. The Morgan fingerprint density at radius 3 is 2.92 bits per heavy atom. The zero-order valence-electron chi connectivity index (χ0n) is 13.0. The molecular formula is C15H17N7OS. The molecule has 3 rings (SSSR count). The van der Waals surface area contributed by atoms with Crippen LogP contribution < -0.4 is 22.1 Å². The number of hydrogen-bond acceptors (Lipinski definition) is 8. The molecule has 24 heavy (non-hydrogen) atoms. The summed E-state index contributed by atoms with van der Waals surface area (Å²) in [4.78, 5) is 15.9. The van der Waals surface area contributed by atoms with Crippen molar-refractivity contribution in [2.45, 2.75) is 13.0 Å². The van der Waals surface area contributed by atoms with E-state index in [4.69, 9.17) is 11.5 Å². The summed E-state index contributed by atoms with van der Waals surface area (Å²) in [7, 11) is 0. The largest absolute Gasteiger partial charge is 0.364 e. The average Bonchev–Trinajstić information content (AvgIpc) is 3.02. The predicted molar refractivity (Wildman–Crippen MR) is 95.6 cm³/mol. The maximum absolute atomic E-state index is 11.6. The Kier molecular flexibility index (Phi) is 4.54. The molecule has 2 heterocycles. The van der Waals surface area contributed by atoms with Crippen LogP contribution in [-0.4, -0.2) is 33.7 Å². The van der Waals surface area contributed by atoms with Crippen molar-refractivity contribution in [2.24, 2.45) is 11.5 Å². The second-order valence-electron chi connectivity index (χ2n) is 5.32. The minimum Gasteiger partial charge on any atom is -0.364 e. The summed E-state index contributed by atoms with van der Waals surface area (Å²) >= 11 is 1.63. The third-order valence-electron chi connectivity index (χ3n) is 3.25. The normalized spacial score (nSPS) is 12.1. The maximum atomic E-state index is 11.6. The second kappa shape index (κ2) is 6.77. The van der Waals surface area contributed by atoms with Gasteiger partial charge in [-0.25, -0.2) is 0 Å². The molecule has 0 aliphatic rings. The van der Waals surface area contributed by atoms with E-state index in [1.807, 2.05) is 36.6 Å². The first-order chi connectivity index (χ1) is 11.5. The predicted octanol–water partition coefficient (Wildman–Crippen LogP) is 1.69. The van der Waals surface area contributed by atoms with Crippen molar-refractivity contribution in [3.05, 3.63) is 35.3 Å². The van der Waals surface area contributed by atoms with Gasteiger partial charge in [0.2, 0.25) is 5.95 Å². The number of rotatable bonds is 6. The van der Waals surface area contributed by atoms with Crippen LogP contribution in [0.5, 0.6) is 0 Å². The van der Waals surface area contributed by atoms with Gasteiger partial charge in [-0.1, -0.05) is 6.07 Å². The number of benzene rings is 1. The van der Waals surface area contributed by atoms with Gasteiger partial charge in [-0.3, -0.25) is 4.79 Å². The van der Waals surface area contributed by atoms with Crippen LogP contribution in [0.2, 0.25) is 0 Å². The zero-order chi connectivity index (χ0) is 17.1. The number of nitrogens with two attached hydrogens (primary N) is 2. The first kappa shape index (κ1) is 16.1. The van der Waals surface area contributed by atoms with E-state index >= 15 is 0 Å². The number of amides is 1. The number of nitrogens with zero attached hydrogens (tertiary/aromatic N) is 3. The number of aromatic nitrogens is 3. The summed E-state index contributed by atoms with van der Waals surface area (Å²) in [6.45, 7) is 2.34. The topological polar surface area (TPSA) is 132 Å². The molecule has 0 saturated carbocycles. The quantitative estimate of drug-likeness (QED) is 0.535.